The number of aryl methyl sites for hydroxylation is 1. The van der Waals surface area contributed by atoms with Crippen molar-refractivity contribution in [3.05, 3.63) is 48.3 Å². The van der Waals surface area contributed by atoms with Crippen LogP contribution in [-0.2, 0) is 10.0 Å². The van der Waals surface area contributed by atoms with Gasteiger partial charge in [-0.2, -0.15) is 0 Å². The molecule has 0 unspecified atom stereocenters. The van der Waals surface area contributed by atoms with E-state index >= 15 is 0 Å². The zero-order chi connectivity index (χ0) is 13.2. The van der Waals surface area contributed by atoms with Gasteiger partial charge >= 0.3 is 0 Å². The fourth-order valence-electron chi connectivity index (χ4n) is 1.46. The lowest BCUT2D eigenvalue weighted by molar-refractivity contribution is 0.601. The number of rotatable bonds is 3. The highest BCUT2D eigenvalue weighted by Crippen LogP contribution is 2.20. The van der Waals surface area contributed by atoms with Gasteiger partial charge in [-0.05, 0) is 31.2 Å². The summed E-state index contributed by atoms with van der Waals surface area (Å²) in [6.45, 7) is 1.83. The van der Waals surface area contributed by atoms with Crippen LogP contribution in [0.3, 0.4) is 0 Å². The maximum atomic E-state index is 12.1. The van der Waals surface area contributed by atoms with Crippen molar-refractivity contribution in [1.82, 2.24) is 4.98 Å². The van der Waals surface area contributed by atoms with Crippen molar-refractivity contribution in [1.29, 1.82) is 0 Å². The number of nitrogens with one attached hydrogen (secondary N) is 1. The first-order valence-electron chi connectivity index (χ1n) is 5.29. The van der Waals surface area contributed by atoms with Crippen molar-refractivity contribution in [2.24, 2.45) is 0 Å². The van der Waals surface area contributed by atoms with Crippen LogP contribution in [0.5, 0.6) is 0 Å². The number of anilines is 2. The summed E-state index contributed by atoms with van der Waals surface area (Å²) in [7, 11) is -3.67. The lowest BCUT2D eigenvalue weighted by atomic mass is 10.3. The van der Waals surface area contributed by atoms with Gasteiger partial charge in [0.1, 0.15) is 4.90 Å². The Labute approximate surface area is 106 Å². The van der Waals surface area contributed by atoms with E-state index in [0.29, 0.717) is 5.69 Å². The lowest BCUT2D eigenvalue weighted by Gasteiger charge is -2.09. The van der Waals surface area contributed by atoms with Crippen LogP contribution in [0.15, 0.2) is 47.5 Å². The number of nitrogens with two attached hydrogens (primary N) is 1. The Morgan fingerprint density at radius 2 is 1.89 bits per heavy atom. The number of benzene rings is 1. The molecule has 1 heterocycles. The Hall–Kier alpha value is -2.08. The normalized spacial score (nSPS) is 11.2. The van der Waals surface area contributed by atoms with E-state index in [1.165, 1.54) is 12.3 Å². The second-order valence-electron chi connectivity index (χ2n) is 3.83. The molecule has 0 spiro atoms. The maximum absolute atomic E-state index is 12.1. The van der Waals surface area contributed by atoms with Crippen LogP contribution in [0.4, 0.5) is 11.4 Å². The minimum atomic E-state index is -3.67. The van der Waals surface area contributed by atoms with Gasteiger partial charge in [0.25, 0.3) is 10.0 Å². The van der Waals surface area contributed by atoms with Crippen LogP contribution in [0, 0.1) is 6.92 Å². The third-order valence-electron chi connectivity index (χ3n) is 2.37. The predicted molar refractivity (Wildman–Crippen MR) is 70.6 cm³/mol. The number of hydrogen-bond donors (Lipinski definition) is 2. The largest absolute Gasteiger partial charge is 0.398 e. The van der Waals surface area contributed by atoms with Crippen molar-refractivity contribution >= 4 is 21.4 Å². The standard InChI is InChI=1S/C12H13N3O2S/c1-9-6-7-10(8-14-9)15-18(16,17)12-5-3-2-4-11(12)13/h2-8,15H,13H2,1H3. The fraction of sp³-hybridized carbons (Fsp3) is 0.0833. The van der Waals surface area contributed by atoms with Gasteiger partial charge in [0, 0.05) is 5.69 Å². The van der Waals surface area contributed by atoms with E-state index in [2.05, 4.69) is 9.71 Å². The molecule has 0 radical (unpaired) electrons. The Morgan fingerprint density at radius 1 is 1.17 bits per heavy atom. The summed E-state index contributed by atoms with van der Waals surface area (Å²) in [6, 6.07) is 9.69. The number of sulfonamides is 1. The first kappa shape index (κ1) is 12.4. The first-order chi connectivity index (χ1) is 8.49. The first-order valence-corrected chi connectivity index (χ1v) is 6.77. The van der Waals surface area contributed by atoms with Crippen LogP contribution >= 0.6 is 0 Å². The second kappa shape index (κ2) is 4.66. The molecule has 0 bridgehead atoms. The second-order valence-corrected chi connectivity index (χ2v) is 5.48. The third-order valence-corrected chi connectivity index (χ3v) is 3.83. The summed E-state index contributed by atoms with van der Waals surface area (Å²) in [6.07, 6.45) is 1.46. The van der Waals surface area contributed by atoms with Crippen LogP contribution < -0.4 is 10.5 Å². The summed E-state index contributed by atoms with van der Waals surface area (Å²) >= 11 is 0. The average molecular weight is 263 g/mol. The van der Waals surface area contributed by atoms with E-state index in [0.717, 1.165) is 5.69 Å². The van der Waals surface area contributed by atoms with Gasteiger partial charge in [0.15, 0.2) is 0 Å². The molecule has 0 fully saturated rings. The Bertz CT molecular complexity index is 651. The molecule has 6 heteroatoms. The smallest absolute Gasteiger partial charge is 0.263 e. The summed E-state index contributed by atoms with van der Waals surface area (Å²) in [5.41, 5.74) is 7.09. The zero-order valence-electron chi connectivity index (χ0n) is 9.79. The minimum Gasteiger partial charge on any atom is -0.398 e. The summed E-state index contributed by atoms with van der Waals surface area (Å²) in [5, 5.41) is 0. The highest BCUT2D eigenvalue weighted by atomic mass is 32.2. The molecule has 1 aromatic carbocycles. The molecule has 3 N–H and O–H groups in total. The molecule has 0 amide bonds. The van der Waals surface area contributed by atoms with E-state index < -0.39 is 10.0 Å². The molecule has 2 aromatic rings. The number of pyridine rings is 1. The SMILES string of the molecule is Cc1ccc(NS(=O)(=O)c2ccccc2N)cn1. The molecular formula is C12H13N3O2S. The van der Waals surface area contributed by atoms with E-state index in [4.69, 9.17) is 5.73 Å². The molecule has 0 aliphatic heterocycles. The van der Waals surface area contributed by atoms with Crippen LogP contribution in [0.2, 0.25) is 0 Å². The van der Waals surface area contributed by atoms with Gasteiger partial charge in [-0.25, -0.2) is 8.42 Å². The number of para-hydroxylation sites is 1. The predicted octanol–water partition coefficient (Wildman–Crippen LogP) is 1.77. The summed E-state index contributed by atoms with van der Waals surface area (Å²) < 4.78 is 26.6. The molecule has 5 nitrogen and oxygen atoms in total. The third kappa shape index (κ3) is 2.60. The Balaban J connectivity index is 2.33. The molecule has 18 heavy (non-hydrogen) atoms. The molecule has 1 aromatic heterocycles. The average Bonchev–Trinajstić information content (AvgIpc) is 2.32. The van der Waals surface area contributed by atoms with Crippen molar-refractivity contribution in [3.8, 4) is 0 Å². The molecule has 2 rings (SSSR count). The lowest BCUT2D eigenvalue weighted by Crippen LogP contribution is -2.14. The zero-order valence-corrected chi connectivity index (χ0v) is 10.6. The molecule has 94 valence electrons. The number of aromatic nitrogens is 1. The molecule has 0 saturated heterocycles. The molecular weight excluding hydrogens is 250 g/mol. The molecule has 0 aliphatic carbocycles. The highest BCUT2D eigenvalue weighted by molar-refractivity contribution is 7.92. The number of nitrogen functional groups attached to an aromatic ring is 1. The van der Waals surface area contributed by atoms with Crippen molar-refractivity contribution in [2.75, 3.05) is 10.5 Å². The van der Waals surface area contributed by atoms with Crippen molar-refractivity contribution in [2.45, 2.75) is 11.8 Å². The number of hydrogen-bond acceptors (Lipinski definition) is 4. The molecule has 0 atom stereocenters. The Kier molecular flexibility index (Phi) is 3.20. The van der Waals surface area contributed by atoms with E-state index in [1.54, 1.807) is 30.3 Å². The van der Waals surface area contributed by atoms with Gasteiger partial charge in [-0.1, -0.05) is 12.1 Å². The van der Waals surface area contributed by atoms with Crippen molar-refractivity contribution < 1.29 is 8.42 Å². The monoisotopic (exact) mass is 263 g/mol. The van der Waals surface area contributed by atoms with E-state index in [9.17, 15) is 8.42 Å². The molecule has 0 aliphatic rings. The van der Waals surface area contributed by atoms with Gasteiger partial charge in [-0.3, -0.25) is 9.71 Å². The van der Waals surface area contributed by atoms with E-state index in [-0.39, 0.29) is 10.6 Å². The Morgan fingerprint density at radius 3 is 2.50 bits per heavy atom. The highest BCUT2D eigenvalue weighted by Gasteiger charge is 2.16. The molecule has 0 saturated carbocycles. The summed E-state index contributed by atoms with van der Waals surface area (Å²) in [4.78, 5) is 4.08. The van der Waals surface area contributed by atoms with Crippen LogP contribution in [0.25, 0.3) is 0 Å². The topological polar surface area (TPSA) is 85.1 Å². The van der Waals surface area contributed by atoms with Crippen molar-refractivity contribution in [3.63, 3.8) is 0 Å². The minimum absolute atomic E-state index is 0.0607. The van der Waals surface area contributed by atoms with Crippen LogP contribution in [-0.4, -0.2) is 13.4 Å². The number of nitrogens with zero attached hydrogens (tertiary/aromatic N) is 1. The van der Waals surface area contributed by atoms with Gasteiger partial charge in [0.2, 0.25) is 0 Å². The quantitative estimate of drug-likeness (QED) is 0.826. The van der Waals surface area contributed by atoms with Crippen LogP contribution in [0.1, 0.15) is 5.69 Å². The maximum Gasteiger partial charge on any atom is 0.263 e. The van der Waals surface area contributed by atoms with Gasteiger partial charge in [0.05, 0.1) is 17.6 Å². The van der Waals surface area contributed by atoms with E-state index in [1.807, 2.05) is 6.92 Å². The fourth-order valence-corrected chi connectivity index (χ4v) is 2.64. The van der Waals surface area contributed by atoms with Gasteiger partial charge < -0.3 is 5.73 Å². The summed E-state index contributed by atoms with van der Waals surface area (Å²) in [5.74, 6) is 0. The van der Waals surface area contributed by atoms with Gasteiger partial charge in [-0.15, -0.1) is 0 Å².